The predicted octanol–water partition coefficient (Wildman–Crippen LogP) is 4.41. The molecule has 0 aliphatic carbocycles. The van der Waals surface area contributed by atoms with Crippen LogP contribution in [0.4, 0.5) is 0 Å². The third-order valence-electron chi connectivity index (χ3n) is 5.44. The summed E-state index contributed by atoms with van der Waals surface area (Å²) in [5.74, 6) is 0.536. The SMILES string of the molecule is C=CCOc1ccc(-c2nn(-c3ccccc3)cc2/C=C2/SC(N3CCOCC3)=NC2=O)cc1. The van der Waals surface area contributed by atoms with Gasteiger partial charge in [0.15, 0.2) is 5.17 Å². The van der Waals surface area contributed by atoms with E-state index in [1.54, 1.807) is 6.08 Å². The molecule has 3 heterocycles. The van der Waals surface area contributed by atoms with Crippen LogP contribution >= 0.6 is 11.8 Å². The number of nitrogens with zero attached hydrogens (tertiary/aromatic N) is 4. The third kappa shape index (κ3) is 4.83. The molecule has 0 atom stereocenters. The van der Waals surface area contributed by atoms with E-state index in [0.29, 0.717) is 24.7 Å². The molecule has 2 aromatic carbocycles. The molecule has 1 aromatic heterocycles. The summed E-state index contributed by atoms with van der Waals surface area (Å²) in [7, 11) is 0. The molecule has 3 aromatic rings. The number of hydrogen-bond donors (Lipinski definition) is 0. The highest BCUT2D eigenvalue weighted by molar-refractivity contribution is 8.18. The van der Waals surface area contributed by atoms with E-state index in [-0.39, 0.29) is 5.91 Å². The molecule has 2 aliphatic rings. The van der Waals surface area contributed by atoms with Crippen molar-refractivity contribution < 1.29 is 14.3 Å². The van der Waals surface area contributed by atoms with Gasteiger partial charge < -0.3 is 14.4 Å². The van der Waals surface area contributed by atoms with Crippen LogP contribution in [0.2, 0.25) is 0 Å². The van der Waals surface area contributed by atoms with Crippen molar-refractivity contribution in [2.45, 2.75) is 0 Å². The summed E-state index contributed by atoms with van der Waals surface area (Å²) < 4.78 is 12.9. The third-order valence-corrected chi connectivity index (χ3v) is 6.48. The van der Waals surface area contributed by atoms with Gasteiger partial charge in [0.1, 0.15) is 12.4 Å². The van der Waals surface area contributed by atoms with E-state index in [9.17, 15) is 4.79 Å². The van der Waals surface area contributed by atoms with Crippen molar-refractivity contribution in [3.05, 3.63) is 83.9 Å². The van der Waals surface area contributed by atoms with Crippen LogP contribution in [0.3, 0.4) is 0 Å². The maximum Gasteiger partial charge on any atom is 0.286 e. The lowest BCUT2D eigenvalue weighted by molar-refractivity contribution is -0.113. The maximum absolute atomic E-state index is 12.7. The van der Waals surface area contributed by atoms with Crippen molar-refractivity contribution in [2.24, 2.45) is 4.99 Å². The second kappa shape index (κ2) is 10.1. The molecular weight excluding hydrogens is 448 g/mol. The van der Waals surface area contributed by atoms with E-state index in [0.717, 1.165) is 46.5 Å². The van der Waals surface area contributed by atoms with Crippen LogP contribution in [0.5, 0.6) is 5.75 Å². The van der Waals surface area contributed by atoms with Gasteiger partial charge in [0, 0.05) is 30.4 Å². The summed E-state index contributed by atoms with van der Waals surface area (Å²) in [5, 5.41) is 5.59. The predicted molar refractivity (Wildman–Crippen MR) is 135 cm³/mol. The number of carbonyl (C=O) groups is 1. The summed E-state index contributed by atoms with van der Waals surface area (Å²) in [6.07, 6.45) is 5.54. The Hall–Kier alpha value is -3.62. The van der Waals surface area contributed by atoms with Gasteiger partial charge in [-0.3, -0.25) is 4.79 Å². The number of ether oxygens (including phenoxy) is 2. The number of carbonyl (C=O) groups excluding carboxylic acids is 1. The van der Waals surface area contributed by atoms with Crippen LogP contribution in [0.1, 0.15) is 5.56 Å². The standard InChI is InChI=1S/C26H24N4O3S/c1-2-14-33-22-10-8-19(9-11-22)24-20(18-30(28-24)21-6-4-3-5-7-21)17-23-25(31)27-26(34-23)29-12-15-32-16-13-29/h2-11,17-18H,1,12-16H2/b23-17+. The highest BCUT2D eigenvalue weighted by Crippen LogP contribution is 2.34. The van der Waals surface area contributed by atoms with Crippen LogP contribution in [-0.4, -0.2) is 58.7 Å². The summed E-state index contributed by atoms with van der Waals surface area (Å²) >= 11 is 1.41. The highest BCUT2D eigenvalue weighted by atomic mass is 32.2. The lowest BCUT2D eigenvalue weighted by atomic mass is 10.1. The first-order valence-corrected chi connectivity index (χ1v) is 11.9. The van der Waals surface area contributed by atoms with Gasteiger partial charge in [-0.25, -0.2) is 4.68 Å². The molecule has 34 heavy (non-hydrogen) atoms. The molecule has 8 heteroatoms. The van der Waals surface area contributed by atoms with Crippen molar-refractivity contribution in [3.8, 4) is 22.7 Å². The number of hydrogen-bond acceptors (Lipinski definition) is 6. The molecule has 1 saturated heterocycles. The molecule has 7 nitrogen and oxygen atoms in total. The molecule has 2 aliphatic heterocycles. The zero-order chi connectivity index (χ0) is 23.3. The minimum atomic E-state index is -0.224. The van der Waals surface area contributed by atoms with Crippen molar-refractivity contribution in [2.75, 3.05) is 32.9 Å². The van der Waals surface area contributed by atoms with Gasteiger partial charge in [-0.05, 0) is 54.2 Å². The minimum absolute atomic E-state index is 0.224. The van der Waals surface area contributed by atoms with Gasteiger partial charge in [0.25, 0.3) is 5.91 Å². The molecule has 0 radical (unpaired) electrons. The number of benzene rings is 2. The van der Waals surface area contributed by atoms with E-state index in [2.05, 4.69) is 16.5 Å². The van der Waals surface area contributed by atoms with Crippen LogP contribution in [0.15, 0.2) is 83.3 Å². The monoisotopic (exact) mass is 472 g/mol. The smallest absolute Gasteiger partial charge is 0.286 e. The first-order chi connectivity index (χ1) is 16.7. The number of morpholine rings is 1. The lowest BCUT2D eigenvalue weighted by Crippen LogP contribution is -2.38. The average molecular weight is 473 g/mol. The highest BCUT2D eigenvalue weighted by Gasteiger charge is 2.27. The molecule has 172 valence electrons. The Labute approximate surface area is 202 Å². The number of thioether (sulfide) groups is 1. The summed E-state index contributed by atoms with van der Waals surface area (Å²) in [5.41, 5.74) is 3.49. The van der Waals surface area contributed by atoms with E-state index in [1.807, 2.05) is 71.6 Å². The van der Waals surface area contributed by atoms with E-state index in [4.69, 9.17) is 14.6 Å². The summed E-state index contributed by atoms with van der Waals surface area (Å²) in [4.78, 5) is 19.7. The van der Waals surface area contributed by atoms with E-state index in [1.165, 1.54) is 11.8 Å². The lowest BCUT2D eigenvalue weighted by Gasteiger charge is -2.27. The van der Waals surface area contributed by atoms with Gasteiger partial charge in [-0.2, -0.15) is 10.1 Å². The van der Waals surface area contributed by atoms with Gasteiger partial charge in [0.05, 0.1) is 29.5 Å². The molecule has 0 N–H and O–H groups in total. The Balaban J connectivity index is 1.48. The molecule has 1 fully saturated rings. The summed E-state index contributed by atoms with van der Waals surface area (Å²) in [6, 6.07) is 17.7. The Kier molecular flexibility index (Phi) is 6.60. The normalized spacial score (nSPS) is 17.2. The van der Waals surface area contributed by atoms with Gasteiger partial charge in [-0.15, -0.1) is 0 Å². The molecular formula is C26H24N4O3S. The van der Waals surface area contributed by atoms with Gasteiger partial charge in [-0.1, -0.05) is 30.9 Å². The second-order valence-electron chi connectivity index (χ2n) is 7.75. The van der Waals surface area contributed by atoms with E-state index < -0.39 is 0 Å². The van der Waals surface area contributed by atoms with Crippen molar-refractivity contribution in [1.82, 2.24) is 14.7 Å². The molecule has 0 saturated carbocycles. The minimum Gasteiger partial charge on any atom is -0.490 e. The average Bonchev–Trinajstić information content (AvgIpc) is 3.48. The number of aromatic nitrogens is 2. The number of amidine groups is 1. The zero-order valence-electron chi connectivity index (χ0n) is 18.6. The van der Waals surface area contributed by atoms with Gasteiger partial charge >= 0.3 is 0 Å². The van der Waals surface area contributed by atoms with Crippen molar-refractivity contribution >= 4 is 28.9 Å². The Morgan fingerprint density at radius 3 is 2.59 bits per heavy atom. The van der Waals surface area contributed by atoms with Crippen LogP contribution in [0.25, 0.3) is 23.0 Å². The fourth-order valence-electron chi connectivity index (χ4n) is 3.72. The van der Waals surface area contributed by atoms with Crippen LogP contribution in [-0.2, 0) is 9.53 Å². The summed E-state index contributed by atoms with van der Waals surface area (Å²) in [6.45, 7) is 6.90. The van der Waals surface area contributed by atoms with Crippen molar-refractivity contribution in [1.29, 1.82) is 0 Å². The van der Waals surface area contributed by atoms with Crippen LogP contribution < -0.4 is 4.74 Å². The molecule has 0 unspecified atom stereocenters. The Bertz CT molecular complexity index is 1240. The Morgan fingerprint density at radius 2 is 1.85 bits per heavy atom. The Morgan fingerprint density at radius 1 is 1.09 bits per heavy atom. The number of amides is 1. The first kappa shape index (κ1) is 22.2. The molecule has 1 amide bonds. The molecule has 5 rings (SSSR count). The number of aliphatic imine (C=N–C) groups is 1. The fraction of sp³-hybridized carbons (Fsp3) is 0.192. The van der Waals surface area contributed by atoms with Crippen molar-refractivity contribution in [3.63, 3.8) is 0 Å². The first-order valence-electron chi connectivity index (χ1n) is 11.1. The molecule has 0 spiro atoms. The van der Waals surface area contributed by atoms with Gasteiger partial charge in [0.2, 0.25) is 0 Å². The second-order valence-corrected chi connectivity index (χ2v) is 8.76. The van der Waals surface area contributed by atoms with Crippen LogP contribution in [0, 0.1) is 0 Å². The quantitative estimate of drug-likeness (QED) is 0.391. The maximum atomic E-state index is 12.7. The zero-order valence-corrected chi connectivity index (χ0v) is 19.4. The number of rotatable bonds is 6. The molecule has 0 bridgehead atoms. The fourth-order valence-corrected chi connectivity index (χ4v) is 4.68. The topological polar surface area (TPSA) is 68.9 Å². The largest absolute Gasteiger partial charge is 0.490 e. The number of para-hydroxylation sites is 1. The van der Waals surface area contributed by atoms with E-state index >= 15 is 0 Å².